The van der Waals surface area contributed by atoms with Gasteiger partial charge in [-0.2, -0.15) is 5.10 Å². The number of nitrogens with one attached hydrogen (secondary N) is 2. The fraction of sp³-hybridized carbons (Fsp3) is 0.588. The van der Waals surface area contributed by atoms with Crippen molar-refractivity contribution >= 4 is 17.3 Å². The maximum Gasteiger partial charge on any atom is 0.191 e. The molecular formula is C17H28N6OS. The number of hydrogen-bond acceptors (Lipinski definition) is 5. The van der Waals surface area contributed by atoms with Crippen molar-refractivity contribution in [3.05, 3.63) is 33.0 Å². The van der Waals surface area contributed by atoms with Crippen molar-refractivity contribution in [2.24, 2.45) is 4.99 Å². The van der Waals surface area contributed by atoms with Crippen LogP contribution in [0.3, 0.4) is 0 Å². The van der Waals surface area contributed by atoms with E-state index in [0.717, 1.165) is 41.9 Å². The molecule has 0 aromatic carbocycles. The molecule has 2 aromatic rings. The molecule has 8 heteroatoms. The predicted octanol–water partition coefficient (Wildman–Crippen LogP) is 1.82. The van der Waals surface area contributed by atoms with Crippen LogP contribution in [0.4, 0.5) is 0 Å². The molecule has 0 saturated carbocycles. The lowest BCUT2D eigenvalue weighted by molar-refractivity contribution is 0.182. The van der Waals surface area contributed by atoms with Crippen LogP contribution in [0, 0.1) is 20.8 Å². The zero-order chi connectivity index (χ0) is 18.2. The van der Waals surface area contributed by atoms with Gasteiger partial charge in [0.25, 0.3) is 0 Å². The standard InChI is InChI=1S/C17H28N6OS/c1-12-10-20-16(25-12)6-7-19-17(18-4)21-11-15-13(2)22-23(14(15)3)8-9-24-5/h10H,6-9,11H2,1-5H3,(H2,18,19,21). The fourth-order valence-electron chi connectivity index (χ4n) is 2.58. The van der Waals surface area contributed by atoms with Gasteiger partial charge in [0.05, 0.1) is 23.9 Å². The third-order valence-electron chi connectivity index (χ3n) is 4.00. The summed E-state index contributed by atoms with van der Waals surface area (Å²) in [7, 11) is 3.49. The van der Waals surface area contributed by atoms with Crippen molar-refractivity contribution in [3.63, 3.8) is 0 Å². The highest BCUT2D eigenvalue weighted by Crippen LogP contribution is 2.13. The average molecular weight is 365 g/mol. The molecule has 0 aliphatic heterocycles. The fourth-order valence-corrected chi connectivity index (χ4v) is 3.37. The van der Waals surface area contributed by atoms with Crippen LogP contribution >= 0.6 is 11.3 Å². The molecule has 0 aliphatic carbocycles. The van der Waals surface area contributed by atoms with Crippen molar-refractivity contribution in [2.75, 3.05) is 27.3 Å². The lowest BCUT2D eigenvalue weighted by Crippen LogP contribution is -2.38. The molecule has 2 aromatic heterocycles. The third-order valence-corrected chi connectivity index (χ3v) is 4.97. The number of rotatable bonds is 8. The number of methoxy groups -OCH3 is 1. The lowest BCUT2D eigenvalue weighted by Gasteiger charge is -2.12. The molecule has 138 valence electrons. The molecule has 0 atom stereocenters. The summed E-state index contributed by atoms with van der Waals surface area (Å²) in [6.07, 6.45) is 2.81. The molecular weight excluding hydrogens is 336 g/mol. The monoisotopic (exact) mass is 364 g/mol. The van der Waals surface area contributed by atoms with E-state index in [0.29, 0.717) is 13.2 Å². The maximum absolute atomic E-state index is 5.14. The van der Waals surface area contributed by atoms with E-state index in [2.05, 4.69) is 39.6 Å². The van der Waals surface area contributed by atoms with Crippen LogP contribution in [-0.2, 0) is 24.2 Å². The van der Waals surface area contributed by atoms with Crippen LogP contribution in [-0.4, -0.2) is 48.0 Å². The van der Waals surface area contributed by atoms with E-state index < -0.39 is 0 Å². The largest absolute Gasteiger partial charge is 0.383 e. The SMILES string of the molecule is CN=C(NCCc1ncc(C)s1)NCc1c(C)nn(CCOC)c1C. The second-order valence-corrected chi connectivity index (χ2v) is 7.15. The number of guanidine groups is 1. The van der Waals surface area contributed by atoms with E-state index in [1.807, 2.05) is 17.8 Å². The Morgan fingerprint density at radius 1 is 1.32 bits per heavy atom. The summed E-state index contributed by atoms with van der Waals surface area (Å²) in [6.45, 7) is 9.13. The smallest absolute Gasteiger partial charge is 0.191 e. The molecule has 0 radical (unpaired) electrons. The number of aliphatic imine (C=N–C) groups is 1. The Labute approximate surface area is 153 Å². The van der Waals surface area contributed by atoms with Crippen LogP contribution in [0.25, 0.3) is 0 Å². The van der Waals surface area contributed by atoms with Crippen molar-refractivity contribution in [2.45, 2.75) is 40.3 Å². The molecule has 2 heterocycles. The predicted molar refractivity (Wildman–Crippen MR) is 102 cm³/mol. The van der Waals surface area contributed by atoms with E-state index in [1.165, 1.54) is 10.4 Å². The highest BCUT2D eigenvalue weighted by molar-refractivity contribution is 7.11. The zero-order valence-corrected chi connectivity index (χ0v) is 16.5. The first-order valence-corrected chi connectivity index (χ1v) is 9.24. The number of ether oxygens (including phenoxy) is 1. The average Bonchev–Trinajstić information content (AvgIpc) is 3.12. The number of thiazole rings is 1. The number of hydrogen-bond donors (Lipinski definition) is 2. The summed E-state index contributed by atoms with van der Waals surface area (Å²) < 4.78 is 7.13. The molecule has 2 N–H and O–H groups in total. The van der Waals surface area contributed by atoms with Gasteiger partial charge in [0, 0.05) is 56.0 Å². The van der Waals surface area contributed by atoms with E-state index in [4.69, 9.17) is 4.74 Å². The summed E-state index contributed by atoms with van der Waals surface area (Å²) in [5.41, 5.74) is 3.40. The Hall–Kier alpha value is -1.93. The molecule has 0 saturated heterocycles. The van der Waals surface area contributed by atoms with Gasteiger partial charge in [-0.3, -0.25) is 9.67 Å². The molecule has 25 heavy (non-hydrogen) atoms. The molecule has 0 amide bonds. The summed E-state index contributed by atoms with van der Waals surface area (Å²) in [5, 5.41) is 12.4. The summed E-state index contributed by atoms with van der Waals surface area (Å²) in [4.78, 5) is 9.91. The van der Waals surface area contributed by atoms with Gasteiger partial charge in [0.2, 0.25) is 0 Å². The van der Waals surface area contributed by atoms with Crippen molar-refractivity contribution in [1.82, 2.24) is 25.4 Å². The van der Waals surface area contributed by atoms with Gasteiger partial charge < -0.3 is 15.4 Å². The summed E-state index contributed by atoms with van der Waals surface area (Å²) in [5.74, 6) is 0.789. The number of aryl methyl sites for hydroxylation is 2. The van der Waals surface area contributed by atoms with Crippen molar-refractivity contribution in [3.8, 4) is 0 Å². The highest BCUT2D eigenvalue weighted by Gasteiger charge is 2.11. The third kappa shape index (κ3) is 5.54. The minimum Gasteiger partial charge on any atom is -0.383 e. The van der Waals surface area contributed by atoms with Crippen LogP contribution in [0.15, 0.2) is 11.2 Å². The van der Waals surface area contributed by atoms with Crippen LogP contribution < -0.4 is 10.6 Å². The Morgan fingerprint density at radius 2 is 2.12 bits per heavy atom. The Morgan fingerprint density at radius 3 is 2.76 bits per heavy atom. The van der Waals surface area contributed by atoms with Gasteiger partial charge in [0.1, 0.15) is 0 Å². The molecule has 0 fully saturated rings. The summed E-state index contributed by atoms with van der Waals surface area (Å²) >= 11 is 1.74. The molecule has 0 spiro atoms. The number of nitrogens with zero attached hydrogens (tertiary/aromatic N) is 4. The van der Waals surface area contributed by atoms with Crippen molar-refractivity contribution < 1.29 is 4.74 Å². The van der Waals surface area contributed by atoms with Gasteiger partial charge >= 0.3 is 0 Å². The quantitative estimate of drug-likeness (QED) is 0.552. The molecule has 0 aliphatic rings. The van der Waals surface area contributed by atoms with E-state index in [-0.39, 0.29) is 0 Å². The Kier molecular flexibility index (Phi) is 7.39. The first-order valence-electron chi connectivity index (χ1n) is 8.42. The van der Waals surface area contributed by atoms with Gasteiger partial charge in [-0.15, -0.1) is 11.3 Å². The molecule has 2 rings (SSSR count). The first-order chi connectivity index (χ1) is 12.0. The normalized spacial score (nSPS) is 11.8. The minimum atomic E-state index is 0.661. The van der Waals surface area contributed by atoms with Gasteiger partial charge in [-0.25, -0.2) is 4.98 Å². The van der Waals surface area contributed by atoms with E-state index in [1.54, 1.807) is 25.5 Å². The van der Waals surface area contributed by atoms with Crippen LogP contribution in [0.5, 0.6) is 0 Å². The van der Waals surface area contributed by atoms with Crippen LogP contribution in [0.2, 0.25) is 0 Å². The Bertz CT molecular complexity index is 706. The minimum absolute atomic E-state index is 0.661. The first kappa shape index (κ1) is 19.4. The van der Waals surface area contributed by atoms with Crippen LogP contribution in [0.1, 0.15) is 26.8 Å². The topological polar surface area (TPSA) is 76.4 Å². The second-order valence-electron chi connectivity index (χ2n) is 5.83. The van der Waals surface area contributed by atoms with Gasteiger partial charge in [-0.1, -0.05) is 0 Å². The zero-order valence-electron chi connectivity index (χ0n) is 15.7. The maximum atomic E-state index is 5.14. The van der Waals surface area contributed by atoms with E-state index >= 15 is 0 Å². The van der Waals surface area contributed by atoms with E-state index in [9.17, 15) is 0 Å². The highest BCUT2D eigenvalue weighted by atomic mass is 32.1. The van der Waals surface area contributed by atoms with Gasteiger partial charge in [-0.05, 0) is 20.8 Å². The lowest BCUT2D eigenvalue weighted by atomic mass is 10.2. The molecule has 0 unspecified atom stereocenters. The van der Waals surface area contributed by atoms with Crippen molar-refractivity contribution in [1.29, 1.82) is 0 Å². The number of aromatic nitrogens is 3. The Balaban J connectivity index is 1.85. The molecule has 0 bridgehead atoms. The summed E-state index contributed by atoms with van der Waals surface area (Å²) in [6, 6.07) is 0. The second kappa shape index (κ2) is 9.53. The van der Waals surface area contributed by atoms with Gasteiger partial charge in [0.15, 0.2) is 5.96 Å². The molecule has 7 nitrogen and oxygen atoms in total.